The number of nitrogens with zero attached hydrogens (tertiary/aromatic N) is 2. The van der Waals surface area contributed by atoms with Crippen molar-refractivity contribution in [2.45, 2.75) is 18.9 Å². The number of hydrogen-bond acceptors (Lipinski definition) is 6. The Bertz CT molecular complexity index is 297. The summed E-state index contributed by atoms with van der Waals surface area (Å²) < 4.78 is 15.5. The van der Waals surface area contributed by atoms with E-state index in [-0.39, 0.29) is 5.92 Å². The highest BCUT2D eigenvalue weighted by Crippen LogP contribution is 2.22. The maximum Gasteiger partial charge on any atom is 0.252 e. The van der Waals surface area contributed by atoms with E-state index in [9.17, 15) is 0 Å². The molecular formula is C9H15N3O3. The summed E-state index contributed by atoms with van der Waals surface area (Å²) in [4.78, 5) is 4.24. The van der Waals surface area contributed by atoms with Crippen molar-refractivity contribution in [1.29, 1.82) is 0 Å². The second-order valence-corrected chi connectivity index (χ2v) is 3.45. The predicted molar refractivity (Wildman–Crippen MR) is 51.2 cm³/mol. The molecular weight excluding hydrogens is 198 g/mol. The van der Waals surface area contributed by atoms with E-state index in [4.69, 9.17) is 19.7 Å². The first-order chi connectivity index (χ1) is 7.40. The lowest BCUT2D eigenvalue weighted by molar-refractivity contribution is 0.104. The van der Waals surface area contributed by atoms with Gasteiger partial charge in [-0.2, -0.15) is 4.98 Å². The monoisotopic (exact) mass is 213 g/mol. The quantitative estimate of drug-likeness (QED) is 0.696. The van der Waals surface area contributed by atoms with Crippen LogP contribution in [0.4, 0.5) is 0 Å². The molecule has 6 nitrogen and oxygen atoms in total. The van der Waals surface area contributed by atoms with E-state index < -0.39 is 0 Å². The molecule has 1 aromatic rings. The summed E-state index contributed by atoms with van der Waals surface area (Å²) in [7, 11) is 0. The summed E-state index contributed by atoms with van der Waals surface area (Å²) in [6.07, 6.45) is 0.961. The highest BCUT2D eigenvalue weighted by atomic mass is 16.5. The highest BCUT2D eigenvalue weighted by molar-refractivity contribution is 4.96. The largest absolute Gasteiger partial charge is 0.381 e. The predicted octanol–water partition coefficient (Wildman–Crippen LogP) is 0.0488. The van der Waals surface area contributed by atoms with Crippen LogP contribution in [-0.2, 0) is 16.1 Å². The van der Waals surface area contributed by atoms with Crippen LogP contribution in [0.25, 0.3) is 0 Å². The van der Waals surface area contributed by atoms with E-state index in [1.54, 1.807) is 0 Å². The third-order valence-corrected chi connectivity index (χ3v) is 2.27. The Balaban J connectivity index is 1.86. The van der Waals surface area contributed by atoms with Crippen molar-refractivity contribution < 1.29 is 14.0 Å². The zero-order valence-corrected chi connectivity index (χ0v) is 8.52. The van der Waals surface area contributed by atoms with Gasteiger partial charge in [0.25, 0.3) is 5.89 Å². The minimum absolute atomic E-state index is 0.275. The lowest BCUT2D eigenvalue weighted by Gasteiger charge is -1.98. The van der Waals surface area contributed by atoms with E-state index in [2.05, 4.69) is 10.1 Å². The fraction of sp³-hybridized carbons (Fsp3) is 0.778. The van der Waals surface area contributed by atoms with Gasteiger partial charge < -0.3 is 19.7 Å². The van der Waals surface area contributed by atoms with Crippen LogP contribution in [0.1, 0.15) is 24.1 Å². The Hall–Kier alpha value is -0.980. The zero-order valence-electron chi connectivity index (χ0n) is 8.52. The van der Waals surface area contributed by atoms with Gasteiger partial charge in [-0.05, 0) is 6.42 Å². The molecule has 84 valence electrons. The lowest BCUT2D eigenvalue weighted by Crippen LogP contribution is -2.08. The van der Waals surface area contributed by atoms with Crippen molar-refractivity contribution in [1.82, 2.24) is 10.1 Å². The van der Waals surface area contributed by atoms with Crippen molar-refractivity contribution in [3.8, 4) is 0 Å². The molecule has 1 aromatic heterocycles. The molecule has 1 fully saturated rings. The maximum atomic E-state index is 5.29. The highest BCUT2D eigenvalue weighted by Gasteiger charge is 2.22. The second kappa shape index (κ2) is 5.20. The van der Waals surface area contributed by atoms with Crippen LogP contribution in [0, 0.1) is 0 Å². The van der Waals surface area contributed by atoms with Crippen LogP contribution in [-0.4, -0.2) is 36.5 Å². The molecule has 2 N–H and O–H groups in total. The summed E-state index contributed by atoms with van der Waals surface area (Å²) in [6, 6.07) is 0. The molecule has 1 saturated heterocycles. The van der Waals surface area contributed by atoms with Crippen molar-refractivity contribution in [3.05, 3.63) is 11.7 Å². The molecule has 0 amide bonds. The Morgan fingerprint density at radius 3 is 3.20 bits per heavy atom. The van der Waals surface area contributed by atoms with Gasteiger partial charge in [0.1, 0.15) is 6.61 Å². The first-order valence-corrected chi connectivity index (χ1v) is 5.08. The van der Waals surface area contributed by atoms with Gasteiger partial charge in [-0.3, -0.25) is 0 Å². The van der Waals surface area contributed by atoms with Gasteiger partial charge in [0, 0.05) is 19.1 Å². The minimum atomic E-state index is 0.275. The van der Waals surface area contributed by atoms with Gasteiger partial charge in [0.05, 0.1) is 13.2 Å². The van der Waals surface area contributed by atoms with Gasteiger partial charge in [-0.25, -0.2) is 0 Å². The summed E-state index contributed by atoms with van der Waals surface area (Å²) in [6.45, 7) is 2.79. The van der Waals surface area contributed by atoms with Gasteiger partial charge in [-0.1, -0.05) is 5.16 Å². The van der Waals surface area contributed by atoms with E-state index in [1.807, 2.05) is 0 Å². The number of hydrogen-bond donors (Lipinski definition) is 1. The molecule has 0 spiro atoms. The fourth-order valence-electron chi connectivity index (χ4n) is 1.47. The minimum Gasteiger partial charge on any atom is -0.381 e. The zero-order chi connectivity index (χ0) is 10.5. The van der Waals surface area contributed by atoms with E-state index >= 15 is 0 Å². The van der Waals surface area contributed by atoms with Gasteiger partial charge in [-0.15, -0.1) is 0 Å². The molecule has 1 aliphatic heterocycles. The number of ether oxygens (including phenoxy) is 2. The Morgan fingerprint density at radius 2 is 2.47 bits per heavy atom. The van der Waals surface area contributed by atoms with E-state index in [1.165, 1.54) is 0 Å². The van der Waals surface area contributed by atoms with Crippen LogP contribution >= 0.6 is 0 Å². The SMILES string of the molecule is NCCOCc1nc(C2CCOC2)no1. The van der Waals surface area contributed by atoms with Crippen molar-refractivity contribution in [2.75, 3.05) is 26.4 Å². The number of aromatic nitrogens is 2. The molecule has 0 radical (unpaired) electrons. The smallest absolute Gasteiger partial charge is 0.252 e. The Kier molecular flexibility index (Phi) is 3.65. The van der Waals surface area contributed by atoms with Crippen molar-refractivity contribution in [2.24, 2.45) is 5.73 Å². The van der Waals surface area contributed by atoms with Crippen LogP contribution in [0.15, 0.2) is 4.52 Å². The third kappa shape index (κ3) is 2.74. The van der Waals surface area contributed by atoms with Crippen molar-refractivity contribution in [3.63, 3.8) is 0 Å². The van der Waals surface area contributed by atoms with Crippen LogP contribution in [0.2, 0.25) is 0 Å². The van der Waals surface area contributed by atoms with E-state index in [0.29, 0.717) is 32.3 Å². The average molecular weight is 213 g/mol. The third-order valence-electron chi connectivity index (χ3n) is 2.27. The number of nitrogens with two attached hydrogens (primary N) is 1. The molecule has 1 unspecified atom stereocenters. The standard InChI is InChI=1S/C9H15N3O3/c10-2-4-14-6-8-11-9(12-15-8)7-1-3-13-5-7/h7H,1-6,10H2. The first-order valence-electron chi connectivity index (χ1n) is 5.08. The molecule has 0 saturated carbocycles. The van der Waals surface area contributed by atoms with Crippen LogP contribution in [0.3, 0.4) is 0 Å². The molecule has 0 aliphatic carbocycles. The lowest BCUT2D eigenvalue weighted by atomic mass is 10.1. The average Bonchev–Trinajstić information content (AvgIpc) is 2.87. The van der Waals surface area contributed by atoms with Crippen molar-refractivity contribution >= 4 is 0 Å². The first kappa shape index (κ1) is 10.5. The maximum absolute atomic E-state index is 5.29. The fourth-order valence-corrected chi connectivity index (χ4v) is 1.47. The summed E-state index contributed by atoms with van der Waals surface area (Å²) in [5.74, 6) is 1.50. The van der Waals surface area contributed by atoms with Gasteiger partial charge >= 0.3 is 0 Å². The summed E-state index contributed by atoms with van der Waals surface area (Å²) in [5.41, 5.74) is 5.29. The molecule has 6 heteroatoms. The number of rotatable bonds is 5. The second-order valence-electron chi connectivity index (χ2n) is 3.45. The van der Waals surface area contributed by atoms with E-state index in [0.717, 1.165) is 18.9 Å². The van der Waals surface area contributed by atoms with Gasteiger partial charge in [0.2, 0.25) is 0 Å². The normalized spacial score (nSPS) is 21.0. The summed E-state index contributed by atoms with van der Waals surface area (Å²) in [5, 5.41) is 3.90. The molecule has 0 aromatic carbocycles. The topological polar surface area (TPSA) is 83.4 Å². The summed E-state index contributed by atoms with van der Waals surface area (Å²) >= 11 is 0. The molecule has 15 heavy (non-hydrogen) atoms. The molecule has 2 heterocycles. The van der Waals surface area contributed by atoms with Crippen LogP contribution in [0.5, 0.6) is 0 Å². The van der Waals surface area contributed by atoms with Gasteiger partial charge in [0.15, 0.2) is 5.82 Å². The molecule has 0 bridgehead atoms. The molecule has 1 aliphatic rings. The molecule has 2 rings (SSSR count). The Morgan fingerprint density at radius 1 is 1.53 bits per heavy atom. The molecule has 1 atom stereocenters. The Labute approximate surface area is 87.7 Å². The van der Waals surface area contributed by atoms with Crippen LogP contribution < -0.4 is 5.73 Å².